The van der Waals surface area contributed by atoms with E-state index in [1.807, 2.05) is 0 Å². The lowest BCUT2D eigenvalue weighted by Gasteiger charge is -2.06. The lowest BCUT2D eigenvalue weighted by Crippen LogP contribution is -2.17. The molecule has 1 aromatic rings. The van der Waals surface area contributed by atoms with E-state index < -0.39 is 11.9 Å². The molecule has 1 atom stereocenters. The van der Waals surface area contributed by atoms with Crippen molar-refractivity contribution in [3.8, 4) is 0 Å². The lowest BCUT2D eigenvalue weighted by molar-refractivity contribution is -0.142. The number of carbonyl (C=O) groups is 2. The summed E-state index contributed by atoms with van der Waals surface area (Å²) in [5.41, 5.74) is 0.613. The summed E-state index contributed by atoms with van der Waals surface area (Å²) in [6.45, 7) is 3.43. The van der Waals surface area contributed by atoms with E-state index >= 15 is 0 Å². The summed E-state index contributed by atoms with van der Waals surface area (Å²) in [4.78, 5) is 25.2. The monoisotopic (exact) mass is 211 g/mol. The van der Waals surface area contributed by atoms with Gasteiger partial charge in [-0.25, -0.2) is 4.98 Å². The third kappa shape index (κ3) is 2.90. The van der Waals surface area contributed by atoms with Crippen molar-refractivity contribution in [1.29, 1.82) is 0 Å². The molecule has 0 aliphatic carbocycles. The topological polar surface area (TPSA) is 80.4 Å². The molecule has 5 heteroatoms. The zero-order valence-corrected chi connectivity index (χ0v) is 8.69. The smallest absolute Gasteiger partial charge is 0.307 e. The molecule has 1 rings (SSSR count). The van der Waals surface area contributed by atoms with Crippen molar-refractivity contribution in [1.82, 2.24) is 4.98 Å². The van der Waals surface area contributed by atoms with Gasteiger partial charge in [-0.2, -0.15) is 0 Å². The van der Waals surface area contributed by atoms with Gasteiger partial charge in [0.05, 0.1) is 11.6 Å². The summed E-state index contributed by atoms with van der Waals surface area (Å²) in [6.07, 6.45) is 0.846. The first-order valence-corrected chi connectivity index (χ1v) is 4.64. The maximum absolute atomic E-state index is 10.8. The number of nitrogens with zero attached hydrogens (tertiary/aromatic N) is 1. The highest BCUT2D eigenvalue weighted by Gasteiger charge is 2.20. The predicted molar refractivity (Wildman–Crippen MR) is 51.5 cm³/mol. The fourth-order valence-electron chi connectivity index (χ4n) is 1.38. The van der Waals surface area contributed by atoms with Crippen LogP contribution >= 0.6 is 0 Å². The Labute approximate surface area is 87.1 Å². The van der Waals surface area contributed by atoms with E-state index in [0.29, 0.717) is 23.6 Å². The van der Waals surface area contributed by atoms with E-state index in [1.54, 1.807) is 13.8 Å². The molecule has 1 heterocycles. The third-order valence-electron chi connectivity index (χ3n) is 2.17. The van der Waals surface area contributed by atoms with Crippen molar-refractivity contribution < 1.29 is 19.1 Å². The molecule has 5 nitrogen and oxygen atoms in total. The maximum Gasteiger partial charge on any atom is 0.307 e. The average molecular weight is 211 g/mol. The molecule has 1 aromatic heterocycles. The van der Waals surface area contributed by atoms with Gasteiger partial charge in [0, 0.05) is 19.8 Å². The molecular formula is C10H13NO4. The lowest BCUT2D eigenvalue weighted by atomic mass is 10.00. The Kier molecular flexibility index (Phi) is 3.60. The number of aliphatic carboxylic acids is 1. The number of hydrogen-bond donors (Lipinski definition) is 1. The van der Waals surface area contributed by atoms with Crippen LogP contribution in [-0.2, 0) is 16.0 Å². The number of aryl methyl sites for hydroxylation is 2. The summed E-state index contributed by atoms with van der Waals surface area (Å²) < 4.78 is 5.18. The van der Waals surface area contributed by atoms with Crippen molar-refractivity contribution in [2.24, 2.45) is 5.92 Å². The standard InChI is InChI=1S/C10H13NO4/c1-6-9(11-7(2)15-6)5-8(3-4-12)10(13)14/h4,8H,3,5H2,1-2H3,(H,13,14). The van der Waals surface area contributed by atoms with Gasteiger partial charge in [-0.3, -0.25) is 4.79 Å². The van der Waals surface area contributed by atoms with Crippen LogP contribution in [0.2, 0.25) is 0 Å². The molecule has 1 N–H and O–H groups in total. The second kappa shape index (κ2) is 4.72. The maximum atomic E-state index is 10.8. The van der Waals surface area contributed by atoms with Gasteiger partial charge in [-0.15, -0.1) is 0 Å². The first-order chi connectivity index (χ1) is 7.04. The highest BCUT2D eigenvalue weighted by atomic mass is 16.4. The molecule has 0 aliphatic rings. The molecule has 1 unspecified atom stereocenters. The normalized spacial score (nSPS) is 12.4. The predicted octanol–water partition coefficient (Wildman–Crippen LogP) is 1.12. The number of oxazole rings is 1. The average Bonchev–Trinajstić information content (AvgIpc) is 2.44. The minimum atomic E-state index is -0.984. The summed E-state index contributed by atoms with van der Waals surface area (Å²) in [5.74, 6) is -0.574. The highest BCUT2D eigenvalue weighted by molar-refractivity contribution is 5.73. The summed E-state index contributed by atoms with van der Waals surface area (Å²) in [5, 5.41) is 8.85. The third-order valence-corrected chi connectivity index (χ3v) is 2.17. The van der Waals surface area contributed by atoms with E-state index in [0.717, 1.165) is 0 Å². The van der Waals surface area contributed by atoms with Crippen molar-refractivity contribution in [2.45, 2.75) is 26.7 Å². The summed E-state index contributed by atoms with van der Waals surface area (Å²) in [7, 11) is 0. The molecule has 0 radical (unpaired) electrons. The molecule has 0 aliphatic heterocycles. The van der Waals surface area contributed by atoms with E-state index in [1.165, 1.54) is 0 Å². The van der Waals surface area contributed by atoms with Gasteiger partial charge in [-0.05, 0) is 6.92 Å². The van der Waals surface area contributed by atoms with Gasteiger partial charge in [-0.1, -0.05) is 0 Å². The fourth-order valence-corrected chi connectivity index (χ4v) is 1.38. The van der Waals surface area contributed by atoms with Gasteiger partial charge >= 0.3 is 5.97 Å². The van der Waals surface area contributed by atoms with E-state index in [-0.39, 0.29) is 12.8 Å². The van der Waals surface area contributed by atoms with E-state index in [2.05, 4.69) is 4.98 Å². The second-order valence-corrected chi connectivity index (χ2v) is 3.38. The number of carboxylic acid groups (broad SMARTS) is 1. The quantitative estimate of drug-likeness (QED) is 0.738. The van der Waals surface area contributed by atoms with Crippen LogP contribution in [0.4, 0.5) is 0 Å². The van der Waals surface area contributed by atoms with Crippen LogP contribution in [0.25, 0.3) is 0 Å². The number of aromatic nitrogens is 1. The Bertz CT molecular complexity index is 369. The van der Waals surface area contributed by atoms with Gasteiger partial charge < -0.3 is 14.3 Å². The van der Waals surface area contributed by atoms with Crippen LogP contribution in [0.1, 0.15) is 23.8 Å². The Morgan fingerprint density at radius 1 is 1.60 bits per heavy atom. The number of hydrogen-bond acceptors (Lipinski definition) is 4. The fraction of sp³-hybridized carbons (Fsp3) is 0.500. The number of carbonyl (C=O) groups excluding carboxylic acids is 1. The van der Waals surface area contributed by atoms with Crippen LogP contribution < -0.4 is 0 Å². The van der Waals surface area contributed by atoms with Crippen molar-refractivity contribution in [2.75, 3.05) is 0 Å². The minimum Gasteiger partial charge on any atom is -0.481 e. The van der Waals surface area contributed by atoms with E-state index in [4.69, 9.17) is 9.52 Å². The highest BCUT2D eigenvalue weighted by Crippen LogP contribution is 2.15. The Hall–Kier alpha value is -1.65. The Morgan fingerprint density at radius 2 is 2.27 bits per heavy atom. The molecule has 15 heavy (non-hydrogen) atoms. The molecule has 0 saturated carbocycles. The zero-order valence-electron chi connectivity index (χ0n) is 8.69. The van der Waals surface area contributed by atoms with Crippen molar-refractivity contribution >= 4 is 12.3 Å². The largest absolute Gasteiger partial charge is 0.481 e. The molecule has 0 fully saturated rings. The van der Waals surface area contributed by atoms with Crippen LogP contribution in [0, 0.1) is 19.8 Å². The van der Waals surface area contributed by atoms with Crippen molar-refractivity contribution in [3.63, 3.8) is 0 Å². The molecule has 0 amide bonds. The second-order valence-electron chi connectivity index (χ2n) is 3.38. The SMILES string of the molecule is Cc1nc(CC(CC=O)C(=O)O)c(C)o1. The van der Waals surface area contributed by atoms with Gasteiger partial charge in [0.2, 0.25) is 0 Å². The van der Waals surface area contributed by atoms with Crippen LogP contribution in [0.15, 0.2) is 4.42 Å². The number of rotatable bonds is 5. The zero-order chi connectivity index (χ0) is 11.4. The summed E-state index contributed by atoms with van der Waals surface area (Å²) in [6, 6.07) is 0. The summed E-state index contributed by atoms with van der Waals surface area (Å²) >= 11 is 0. The van der Waals surface area contributed by atoms with E-state index in [9.17, 15) is 9.59 Å². The van der Waals surface area contributed by atoms with Gasteiger partial charge in [0.15, 0.2) is 5.89 Å². The van der Waals surface area contributed by atoms with Crippen molar-refractivity contribution in [3.05, 3.63) is 17.3 Å². The van der Waals surface area contributed by atoms with Crippen LogP contribution in [0.3, 0.4) is 0 Å². The Balaban J connectivity index is 2.77. The molecule has 0 spiro atoms. The molecule has 0 aromatic carbocycles. The molecule has 0 saturated heterocycles. The van der Waals surface area contributed by atoms with Crippen LogP contribution in [0.5, 0.6) is 0 Å². The minimum absolute atomic E-state index is 0.000676. The number of carboxylic acids is 1. The first kappa shape index (κ1) is 11.4. The van der Waals surface area contributed by atoms with Gasteiger partial charge in [0.25, 0.3) is 0 Å². The first-order valence-electron chi connectivity index (χ1n) is 4.64. The van der Waals surface area contributed by atoms with Crippen LogP contribution in [-0.4, -0.2) is 22.3 Å². The number of aldehydes is 1. The molecular weight excluding hydrogens is 198 g/mol. The molecule has 82 valence electrons. The Morgan fingerprint density at radius 3 is 2.67 bits per heavy atom. The molecule has 0 bridgehead atoms. The van der Waals surface area contributed by atoms with Gasteiger partial charge in [0.1, 0.15) is 12.0 Å².